The summed E-state index contributed by atoms with van der Waals surface area (Å²) in [6, 6.07) is 14.4. The van der Waals surface area contributed by atoms with Gasteiger partial charge in [-0.3, -0.25) is 19.2 Å². The Kier molecular flexibility index (Phi) is 5.24. The third kappa shape index (κ3) is 3.56. The van der Waals surface area contributed by atoms with E-state index in [9.17, 15) is 19.2 Å². The van der Waals surface area contributed by atoms with Crippen molar-refractivity contribution in [3.63, 3.8) is 0 Å². The van der Waals surface area contributed by atoms with E-state index in [-0.39, 0.29) is 48.3 Å². The van der Waals surface area contributed by atoms with Crippen LogP contribution in [0.3, 0.4) is 0 Å². The van der Waals surface area contributed by atoms with E-state index in [0.717, 1.165) is 31.4 Å². The highest BCUT2D eigenvalue weighted by Gasteiger charge is 2.61. The number of hydrogen-bond donors (Lipinski definition) is 0. The maximum atomic E-state index is 13.1. The van der Waals surface area contributed by atoms with E-state index in [4.69, 9.17) is 4.74 Å². The molecule has 2 heterocycles. The molecule has 7 heteroatoms. The molecule has 2 aromatic carbocycles. The number of esters is 1. The minimum absolute atomic E-state index is 0.0866. The zero-order valence-electron chi connectivity index (χ0n) is 19.7. The molecule has 0 N–H and O–H groups in total. The quantitative estimate of drug-likeness (QED) is 0.376. The van der Waals surface area contributed by atoms with Gasteiger partial charge in [-0.05, 0) is 67.3 Å². The summed E-state index contributed by atoms with van der Waals surface area (Å²) in [6.45, 7) is 2.33. The maximum absolute atomic E-state index is 13.1. The van der Waals surface area contributed by atoms with Crippen LogP contribution in [0.4, 0.5) is 11.4 Å². The lowest BCUT2D eigenvalue weighted by Crippen LogP contribution is -2.32. The zero-order chi connectivity index (χ0) is 24.3. The van der Waals surface area contributed by atoms with Crippen LogP contribution < -0.4 is 14.5 Å². The van der Waals surface area contributed by atoms with Crippen molar-refractivity contribution < 1.29 is 23.9 Å². The summed E-state index contributed by atoms with van der Waals surface area (Å²) in [4.78, 5) is 54.7. The fourth-order valence-electron chi connectivity index (χ4n) is 6.58. The molecule has 2 bridgehead atoms. The Morgan fingerprint density at radius 3 is 2.29 bits per heavy atom. The summed E-state index contributed by atoms with van der Waals surface area (Å²) in [7, 11) is 0. The highest BCUT2D eigenvalue weighted by Crippen LogP contribution is 2.56. The Labute approximate surface area is 204 Å². The van der Waals surface area contributed by atoms with Gasteiger partial charge in [-0.2, -0.15) is 0 Å². The fraction of sp³-hybridized carbons (Fsp3) is 0.429. The average Bonchev–Trinajstić information content (AvgIpc) is 3.63. The van der Waals surface area contributed by atoms with Gasteiger partial charge in [0.1, 0.15) is 5.75 Å². The van der Waals surface area contributed by atoms with Crippen LogP contribution in [0.15, 0.2) is 48.5 Å². The molecule has 0 spiro atoms. The van der Waals surface area contributed by atoms with Crippen LogP contribution >= 0.6 is 0 Å². The maximum Gasteiger partial charge on any atom is 0.316 e. The van der Waals surface area contributed by atoms with Gasteiger partial charge in [-0.15, -0.1) is 0 Å². The summed E-state index contributed by atoms with van der Waals surface area (Å²) in [5.74, 6) is -0.931. The molecule has 35 heavy (non-hydrogen) atoms. The van der Waals surface area contributed by atoms with Crippen molar-refractivity contribution >= 4 is 35.1 Å². The van der Waals surface area contributed by atoms with Gasteiger partial charge in [0.15, 0.2) is 0 Å². The van der Waals surface area contributed by atoms with Gasteiger partial charge in [0, 0.05) is 24.7 Å². The summed E-state index contributed by atoms with van der Waals surface area (Å²) in [5.41, 5.74) is 2.40. The van der Waals surface area contributed by atoms with Crippen molar-refractivity contribution in [1.29, 1.82) is 0 Å². The van der Waals surface area contributed by atoms with Crippen molar-refractivity contribution in [2.45, 2.75) is 39.0 Å². The molecule has 2 aliphatic heterocycles. The van der Waals surface area contributed by atoms with E-state index in [0.29, 0.717) is 17.5 Å². The molecule has 2 aliphatic carbocycles. The molecule has 2 saturated heterocycles. The lowest BCUT2D eigenvalue weighted by atomic mass is 9.81. The second-order valence-electron chi connectivity index (χ2n) is 10.2. The van der Waals surface area contributed by atoms with Gasteiger partial charge in [0.05, 0.1) is 23.4 Å². The van der Waals surface area contributed by atoms with Crippen LogP contribution in [0.25, 0.3) is 0 Å². The highest BCUT2D eigenvalue weighted by atomic mass is 16.5. The van der Waals surface area contributed by atoms with E-state index < -0.39 is 11.9 Å². The number of benzene rings is 2. The number of aryl methyl sites for hydroxylation is 1. The van der Waals surface area contributed by atoms with Gasteiger partial charge in [-0.25, -0.2) is 4.90 Å². The number of amides is 3. The van der Waals surface area contributed by atoms with E-state index >= 15 is 0 Å². The van der Waals surface area contributed by atoms with Crippen LogP contribution in [-0.2, 0) is 25.6 Å². The second kappa shape index (κ2) is 8.33. The Balaban J connectivity index is 1.15. The number of carbonyl (C=O) groups is 4. The van der Waals surface area contributed by atoms with E-state index in [2.05, 4.69) is 6.92 Å². The zero-order valence-corrected chi connectivity index (χ0v) is 19.7. The number of carbonyl (C=O) groups excluding carboxylic acids is 4. The smallest absolute Gasteiger partial charge is 0.316 e. The van der Waals surface area contributed by atoms with Crippen LogP contribution in [0, 0.1) is 29.6 Å². The van der Waals surface area contributed by atoms with E-state index in [1.807, 2.05) is 24.3 Å². The standard InChI is InChI=1S/C28H28N2O5/c1-2-16-6-10-20(11-7-16)29-15-19(13-23(29)31)28(34)35-22-5-3-4-21(14-22)30-26(32)24-17-8-9-18(12-17)25(24)27(30)33/h3-7,10-11,14,17-19,24-25H,2,8-9,12-13,15H2,1H3/t17-,18-,19-,24-,25+/m0/s1. The minimum Gasteiger partial charge on any atom is -0.426 e. The SMILES string of the molecule is CCc1ccc(N2C[C@@H](C(=O)Oc3cccc(N4C(=O)[C@@H]5[C@H]6CC[C@@H](C6)[C@@H]5C4=O)c3)CC2=O)cc1. The molecule has 5 atom stereocenters. The molecule has 0 unspecified atom stereocenters. The van der Waals surface area contributed by atoms with Crippen LogP contribution in [-0.4, -0.2) is 30.2 Å². The number of hydrogen-bond acceptors (Lipinski definition) is 5. The number of imide groups is 1. The number of anilines is 2. The molecule has 2 aromatic rings. The number of nitrogens with zero attached hydrogens (tertiary/aromatic N) is 2. The first-order chi connectivity index (χ1) is 16.9. The lowest BCUT2D eigenvalue weighted by Gasteiger charge is -2.19. The molecule has 3 amide bonds. The average molecular weight is 473 g/mol. The Morgan fingerprint density at radius 2 is 1.63 bits per heavy atom. The topological polar surface area (TPSA) is 84.0 Å². The second-order valence-corrected chi connectivity index (χ2v) is 10.2. The summed E-state index contributed by atoms with van der Waals surface area (Å²) in [6.07, 6.45) is 4.03. The largest absolute Gasteiger partial charge is 0.426 e. The number of rotatable bonds is 5. The molecule has 7 nitrogen and oxygen atoms in total. The molecule has 2 saturated carbocycles. The predicted octanol–water partition coefficient (Wildman–Crippen LogP) is 3.74. The molecule has 4 fully saturated rings. The normalized spacial score (nSPS) is 29.3. The van der Waals surface area contributed by atoms with Crippen molar-refractivity contribution in [2.75, 3.05) is 16.3 Å². The predicted molar refractivity (Wildman–Crippen MR) is 129 cm³/mol. The first-order valence-corrected chi connectivity index (χ1v) is 12.5. The van der Waals surface area contributed by atoms with Crippen LogP contribution in [0.2, 0.25) is 0 Å². The fourth-order valence-corrected chi connectivity index (χ4v) is 6.58. The molecule has 6 rings (SSSR count). The molecule has 180 valence electrons. The minimum atomic E-state index is -0.581. The van der Waals surface area contributed by atoms with Gasteiger partial charge in [0.25, 0.3) is 0 Å². The Hall–Kier alpha value is -3.48. The summed E-state index contributed by atoms with van der Waals surface area (Å²) < 4.78 is 5.62. The first kappa shape index (κ1) is 22.0. The monoisotopic (exact) mass is 472 g/mol. The molecular weight excluding hydrogens is 444 g/mol. The van der Waals surface area contributed by atoms with E-state index in [1.165, 1.54) is 10.5 Å². The first-order valence-electron chi connectivity index (χ1n) is 12.5. The van der Waals surface area contributed by atoms with Gasteiger partial charge in [-0.1, -0.05) is 25.1 Å². The molecule has 4 aliphatic rings. The van der Waals surface area contributed by atoms with Crippen molar-refractivity contribution in [2.24, 2.45) is 29.6 Å². The lowest BCUT2D eigenvalue weighted by molar-refractivity contribution is -0.139. The number of ether oxygens (including phenoxy) is 1. The summed E-state index contributed by atoms with van der Waals surface area (Å²) in [5, 5.41) is 0. The van der Waals surface area contributed by atoms with Gasteiger partial charge in [0.2, 0.25) is 17.7 Å². The Morgan fingerprint density at radius 1 is 0.943 bits per heavy atom. The highest BCUT2D eigenvalue weighted by molar-refractivity contribution is 6.22. The third-order valence-corrected chi connectivity index (χ3v) is 8.34. The molecule has 0 aromatic heterocycles. The third-order valence-electron chi connectivity index (χ3n) is 8.34. The van der Waals surface area contributed by atoms with Gasteiger partial charge >= 0.3 is 5.97 Å². The summed E-state index contributed by atoms with van der Waals surface area (Å²) >= 11 is 0. The Bertz CT molecular complexity index is 1190. The van der Waals surface area contributed by atoms with Crippen molar-refractivity contribution in [3.05, 3.63) is 54.1 Å². The van der Waals surface area contributed by atoms with Crippen LogP contribution in [0.1, 0.15) is 38.2 Å². The molecule has 0 radical (unpaired) electrons. The van der Waals surface area contributed by atoms with E-state index in [1.54, 1.807) is 29.2 Å². The molecular formula is C28H28N2O5. The van der Waals surface area contributed by atoms with Crippen molar-refractivity contribution in [3.8, 4) is 5.75 Å². The van der Waals surface area contributed by atoms with Crippen LogP contribution in [0.5, 0.6) is 5.75 Å². The number of fused-ring (bicyclic) bond motifs is 5. The van der Waals surface area contributed by atoms with Gasteiger partial charge < -0.3 is 9.64 Å². The van der Waals surface area contributed by atoms with Crippen molar-refractivity contribution in [1.82, 2.24) is 0 Å².